The van der Waals surface area contributed by atoms with E-state index in [-0.39, 0.29) is 18.7 Å². The molecule has 0 saturated heterocycles. The van der Waals surface area contributed by atoms with Crippen molar-refractivity contribution in [3.05, 3.63) is 0 Å². The van der Waals surface area contributed by atoms with Gasteiger partial charge in [-0.1, -0.05) is 12.8 Å². The third-order valence-corrected chi connectivity index (χ3v) is 1.54. The van der Waals surface area contributed by atoms with Crippen LogP contribution in [0.15, 0.2) is 0 Å². The van der Waals surface area contributed by atoms with Crippen molar-refractivity contribution in [2.24, 2.45) is 5.73 Å². The van der Waals surface area contributed by atoms with Crippen molar-refractivity contribution in [3.8, 4) is 0 Å². The van der Waals surface area contributed by atoms with Crippen LogP contribution in [0.1, 0.15) is 19.3 Å². The number of carboxylic acids is 1. The summed E-state index contributed by atoms with van der Waals surface area (Å²) < 4.78 is 0. The van der Waals surface area contributed by atoms with Crippen molar-refractivity contribution in [2.45, 2.75) is 31.6 Å². The van der Waals surface area contributed by atoms with Crippen molar-refractivity contribution < 1.29 is 19.9 Å². The van der Waals surface area contributed by atoms with Gasteiger partial charge < -0.3 is 20.9 Å². The van der Waals surface area contributed by atoms with Gasteiger partial charge in [-0.05, 0) is 12.7 Å². The Kier molecular flexibility index (Phi) is 9.71. The number of unbranched alkanes of at least 4 members (excludes halogenated alkanes) is 1. The van der Waals surface area contributed by atoms with E-state index in [9.17, 15) is 4.79 Å². The van der Waals surface area contributed by atoms with E-state index >= 15 is 0 Å². The minimum absolute atomic E-state index is 0. The van der Waals surface area contributed by atoms with Crippen molar-refractivity contribution in [3.63, 3.8) is 0 Å². The lowest BCUT2D eigenvalue weighted by molar-refractivity contribution is -0.138. The third-order valence-electron chi connectivity index (χ3n) is 1.54. The first-order valence-corrected chi connectivity index (χ1v) is 3.88. The summed E-state index contributed by atoms with van der Waals surface area (Å²) >= 11 is 0. The molecule has 0 aromatic rings. The summed E-state index contributed by atoms with van der Waals surface area (Å²) in [5, 5.41) is 25.2. The van der Waals surface area contributed by atoms with Gasteiger partial charge in [0.05, 0.1) is 0 Å². The van der Waals surface area contributed by atoms with Crippen LogP contribution in [-0.2, 0) is 4.79 Å². The summed E-state index contributed by atoms with van der Waals surface area (Å²) in [6.07, 6.45) is 1.83. The Morgan fingerprint density at radius 2 is 1.92 bits per heavy atom. The van der Waals surface area contributed by atoms with Crippen LogP contribution in [0.4, 0.5) is 0 Å². The van der Waals surface area contributed by atoms with Crippen LogP contribution in [0, 0.1) is 0 Å². The number of carboxylic acid groups (broad SMARTS) is 1. The fourth-order valence-corrected chi connectivity index (χ4v) is 0.815. The Bertz CT molecular complexity index is 147. The van der Waals surface area contributed by atoms with Crippen LogP contribution >= 0.6 is 12.4 Å². The topological polar surface area (TPSA) is 104 Å². The third kappa shape index (κ3) is 9.62. The average Bonchev–Trinajstić information content (AvgIpc) is 1.97. The normalized spacial score (nSPS) is 11.6. The number of hydrogen-bond donors (Lipinski definition) is 4. The molecule has 0 aliphatic carbocycles. The van der Waals surface area contributed by atoms with Crippen LogP contribution in [0.2, 0.25) is 6.32 Å². The van der Waals surface area contributed by atoms with Gasteiger partial charge in [0.15, 0.2) is 0 Å². The number of halogens is 1. The number of carbonyl (C=O) groups is 1. The second kappa shape index (κ2) is 8.31. The Morgan fingerprint density at radius 3 is 2.31 bits per heavy atom. The van der Waals surface area contributed by atoms with Crippen LogP contribution in [-0.4, -0.2) is 34.3 Å². The van der Waals surface area contributed by atoms with E-state index in [2.05, 4.69) is 0 Å². The summed E-state index contributed by atoms with van der Waals surface area (Å²) in [4.78, 5) is 10.2. The molecule has 0 spiro atoms. The fraction of sp³-hybridized carbons (Fsp3) is 0.833. The van der Waals surface area contributed by atoms with Crippen molar-refractivity contribution in [2.75, 3.05) is 0 Å². The lowest BCUT2D eigenvalue weighted by Crippen LogP contribution is -2.29. The van der Waals surface area contributed by atoms with Crippen LogP contribution in [0.5, 0.6) is 0 Å². The Labute approximate surface area is 83.5 Å². The van der Waals surface area contributed by atoms with Gasteiger partial charge in [0.2, 0.25) is 0 Å². The second-order valence-corrected chi connectivity index (χ2v) is 2.71. The summed E-state index contributed by atoms with van der Waals surface area (Å²) in [5.74, 6) is -1.01. The van der Waals surface area contributed by atoms with E-state index in [1.54, 1.807) is 0 Å². The van der Waals surface area contributed by atoms with Gasteiger partial charge in [-0.2, -0.15) is 0 Å². The maximum absolute atomic E-state index is 10.2. The average molecular weight is 211 g/mol. The summed E-state index contributed by atoms with van der Waals surface area (Å²) in [6.45, 7) is 0. The molecule has 0 aliphatic rings. The molecule has 13 heavy (non-hydrogen) atoms. The Hall–Kier alpha value is -0.295. The quantitative estimate of drug-likeness (QED) is 0.349. The molecule has 7 heteroatoms. The van der Waals surface area contributed by atoms with E-state index in [1.807, 2.05) is 0 Å². The standard InChI is InChI=1S/C6H14BNO4.ClH/c8-5(6(9)10)3-1-2-4-7(11)12;/h5,11-12H,1-4,8H2,(H,9,10);1H/t5-;/m0./s1. The van der Waals surface area contributed by atoms with Crippen molar-refractivity contribution in [1.29, 1.82) is 0 Å². The van der Waals surface area contributed by atoms with Crippen molar-refractivity contribution in [1.82, 2.24) is 0 Å². The smallest absolute Gasteiger partial charge is 0.451 e. The van der Waals surface area contributed by atoms with Crippen molar-refractivity contribution >= 4 is 25.5 Å². The second-order valence-electron chi connectivity index (χ2n) is 2.71. The molecule has 0 aliphatic heterocycles. The molecule has 1 atom stereocenters. The van der Waals surface area contributed by atoms with E-state index in [0.29, 0.717) is 19.3 Å². The largest absolute Gasteiger partial charge is 0.480 e. The number of aliphatic carboxylic acids is 1. The van der Waals surface area contributed by atoms with Gasteiger partial charge in [0, 0.05) is 0 Å². The van der Waals surface area contributed by atoms with Gasteiger partial charge in [-0.15, -0.1) is 12.4 Å². The molecule has 0 amide bonds. The lowest BCUT2D eigenvalue weighted by Gasteiger charge is -2.04. The van der Waals surface area contributed by atoms with E-state index in [1.165, 1.54) is 0 Å². The molecule has 0 aromatic heterocycles. The minimum atomic E-state index is -1.30. The molecule has 5 N–H and O–H groups in total. The maximum Gasteiger partial charge on any atom is 0.451 e. The maximum atomic E-state index is 10.2. The highest BCUT2D eigenvalue weighted by Gasteiger charge is 2.11. The Morgan fingerprint density at radius 1 is 1.38 bits per heavy atom. The van der Waals surface area contributed by atoms with Crippen LogP contribution in [0.25, 0.3) is 0 Å². The van der Waals surface area contributed by atoms with E-state index in [0.717, 1.165) is 0 Å². The van der Waals surface area contributed by atoms with Gasteiger partial charge >= 0.3 is 13.1 Å². The zero-order valence-corrected chi connectivity index (χ0v) is 8.04. The molecule has 78 valence electrons. The molecule has 0 unspecified atom stereocenters. The minimum Gasteiger partial charge on any atom is -0.480 e. The highest BCUT2D eigenvalue weighted by molar-refractivity contribution is 6.40. The first kappa shape index (κ1) is 15.2. The molecule has 5 nitrogen and oxygen atoms in total. The van der Waals surface area contributed by atoms with Crippen LogP contribution in [0.3, 0.4) is 0 Å². The number of rotatable bonds is 6. The summed E-state index contributed by atoms with van der Waals surface area (Å²) in [5.41, 5.74) is 5.21. The number of nitrogens with two attached hydrogens (primary N) is 1. The highest BCUT2D eigenvalue weighted by Crippen LogP contribution is 2.03. The predicted octanol–water partition coefficient (Wildman–Crippen LogP) is -0.537. The van der Waals surface area contributed by atoms with Gasteiger partial charge in [0.1, 0.15) is 6.04 Å². The highest BCUT2D eigenvalue weighted by atomic mass is 35.5. The molecule has 0 bridgehead atoms. The van der Waals surface area contributed by atoms with Crippen LogP contribution < -0.4 is 5.73 Å². The molecule has 0 fully saturated rings. The summed E-state index contributed by atoms with van der Waals surface area (Å²) in [7, 11) is -1.30. The zero-order valence-electron chi connectivity index (χ0n) is 7.22. The predicted molar refractivity (Wildman–Crippen MR) is 51.7 cm³/mol. The molecular weight excluding hydrogens is 196 g/mol. The molecule has 0 radical (unpaired) electrons. The molecule has 0 heterocycles. The fourth-order valence-electron chi connectivity index (χ4n) is 0.815. The van der Waals surface area contributed by atoms with Gasteiger partial charge in [0.25, 0.3) is 0 Å². The monoisotopic (exact) mass is 211 g/mol. The first-order chi connectivity index (χ1) is 5.54. The zero-order chi connectivity index (χ0) is 9.56. The van der Waals surface area contributed by atoms with Gasteiger partial charge in [-0.3, -0.25) is 4.79 Å². The van der Waals surface area contributed by atoms with Gasteiger partial charge in [-0.25, -0.2) is 0 Å². The van der Waals surface area contributed by atoms with E-state index < -0.39 is 19.1 Å². The molecule has 0 rings (SSSR count). The first-order valence-electron chi connectivity index (χ1n) is 3.88. The Balaban J connectivity index is 0. The van der Waals surface area contributed by atoms with E-state index in [4.69, 9.17) is 20.9 Å². The molecular formula is C6H15BClNO4. The SMILES string of the molecule is Cl.N[C@@H](CCCCB(O)O)C(=O)O. The molecule has 0 saturated carbocycles. The summed E-state index contributed by atoms with van der Waals surface area (Å²) in [6, 6.07) is -0.833. The molecule has 0 aromatic carbocycles. The lowest BCUT2D eigenvalue weighted by atomic mass is 9.83. The number of hydrogen-bond acceptors (Lipinski definition) is 4.